The molecule has 38 heavy (non-hydrogen) atoms. The first-order valence-corrected chi connectivity index (χ1v) is 15.2. The van der Waals surface area contributed by atoms with E-state index >= 15 is 0 Å². The summed E-state index contributed by atoms with van der Waals surface area (Å²) in [5.74, 6) is 2.49. The molecule has 1 fully saturated rings. The van der Waals surface area contributed by atoms with Gasteiger partial charge in [-0.1, -0.05) is 86.7 Å². The number of benzene rings is 3. The van der Waals surface area contributed by atoms with Crippen molar-refractivity contribution in [2.75, 3.05) is 11.5 Å². The first-order valence-electron chi connectivity index (χ1n) is 14.0. The Balaban J connectivity index is 1.61. The molecule has 0 bridgehead atoms. The Morgan fingerprint density at radius 2 is 1.63 bits per heavy atom. The Hall–Kier alpha value is -2.62. The molecule has 1 heterocycles. The first kappa shape index (κ1) is 28.4. The van der Waals surface area contributed by atoms with E-state index in [1.54, 1.807) is 6.92 Å². The molecule has 2 unspecified atom stereocenters. The summed E-state index contributed by atoms with van der Waals surface area (Å²) >= 11 is 1.94. The molecule has 1 aliphatic heterocycles. The highest BCUT2D eigenvalue weighted by Gasteiger charge is 2.31. The average molecular weight is 527 g/mol. The number of carbonyl (C=O) groups is 1. The fourth-order valence-corrected chi connectivity index (χ4v) is 7.11. The highest BCUT2D eigenvalue weighted by molar-refractivity contribution is 7.99. The van der Waals surface area contributed by atoms with E-state index in [1.165, 1.54) is 38.9 Å². The quantitative estimate of drug-likeness (QED) is 0.304. The topological polar surface area (TPSA) is 37.3 Å². The number of hydrogen-bond acceptors (Lipinski definition) is 3. The molecule has 1 N–H and O–H groups in total. The summed E-state index contributed by atoms with van der Waals surface area (Å²) in [6.45, 7) is 10.6. The van der Waals surface area contributed by atoms with E-state index in [-0.39, 0.29) is 23.2 Å². The van der Waals surface area contributed by atoms with E-state index in [0.29, 0.717) is 6.42 Å². The second-order valence-corrected chi connectivity index (χ2v) is 12.1. The molecule has 4 rings (SSSR count). The van der Waals surface area contributed by atoms with E-state index in [9.17, 15) is 9.90 Å². The van der Waals surface area contributed by atoms with Gasteiger partial charge >= 0.3 is 0 Å². The van der Waals surface area contributed by atoms with Crippen molar-refractivity contribution in [3.05, 3.63) is 100 Å². The van der Waals surface area contributed by atoms with Gasteiger partial charge in [0.05, 0.1) is 6.10 Å². The van der Waals surface area contributed by atoms with Crippen LogP contribution in [0.1, 0.15) is 73.4 Å². The zero-order valence-electron chi connectivity index (χ0n) is 23.6. The van der Waals surface area contributed by atoms with E-state index in [0.717, 1.165) is 36.3 Å². The molecule has 0 saturated carbocycles. The van der Waals surface area contributed by atoms with Crippen molar-refractivity contribution < 1.29 is 9.90 Å². The molecule has 1 aliphatic rings. The molecule has 3 heteroatoms. The predicted octanol–water partition coefficient (Wildman–Crippen LogP) is 8.34. The summed E-state index contributed by atoms with van der Waals surface area (Å²) in [4.78, 5) is 11.5. The fraction of sp³-hybridized carbons (Fsp3) is 0.400. The minimum atomic E-state index is -0.218. The molecule has 0 aromatic heterocycles. The van der Waals surface area contributed by atoms with E-state index in [1.807, 2.05) is 11.8 Å². The van der Waals surface area contributed by atoms with Gasteiger partial charge in [-0.25, -0.2) is 0 Å². The van der Waals surface area contributed by atoms with Gasteiger partial charge in [0.25, 0.3) is 0 Å². The van der Waals surface area contributed by atoms with Crippen molar-refractivity contribution in [1.29, 1.82) is 0 Å². The highest BCUT2D eigenvalue weighted by Crippen LogP contribution is 2.41. The maximum Gasteiger partial charge on any atom is 0.134 e. The lowest BCUT2D eigenvalue weighted by Gasteiger charge is -2.34. The maximum absolute atomic E-state index is 11.5. The van der Waals surface area contributed by atoms with Crippen molar-refractivity contribution >= 4 is 23.6 Å². The van der Waals surface area contributed by atoms with E-state index in [2.05, 4.69) is 101 Å². The van der Waals surface area contributed by atoms with Crippen LogP contribution in [-0.2, 0) is 16.6 Å². The van der Waals surface area contributed by atoms with Gasteiger partial charge in [0.15, 0.2) is 0 Å². The van der Waals surface area contributed by atoms with Crippen molar-refractivity contribution in [3.8, 4) is 11.1 Å². The minimum Gasteiger partial charge on any atom is -0.392 e. The molecule has 0 spiro atoms. The fourth-order valence-electron chi connectivity index (χ4n) is 5.93. The second kappa shape index (κ2) is 12.5. The SMILES string of the molecule is CCC(CC)(c1ccc(C=CC2CSCCC2O)c(C)c1)c1ccc(-c2ccc(CC(C)=O)cc2)c(C)c1. The Bertz CT molecular complexity index is 1280. The Labute approximate surface area is 233 Å². The third-order valence-corrected chi connectivity index (χ3v) is 9.56. The highest BCUT2D eigenvalue weighted by atomic mass is 32.2. The maximum atomic E-state index is 11.5. The van der Waals surface area contributed by atoms with Gasteiger partial charge in [0.2, 0.25) is 0 Å². The van der Waals surface area contributed by atoms with Crippen LogP contribution in [-0.4, -0.2) is 28.5 Å². The van der Waals surface area contributed by atoms with Gasteiger partial charge in [-0.05, 0) is 90.3 Å². The van der Waals surface area contributed by atoms with Crippen molar-refractivity contribution in [2.24, 2.45) is 5.92 Å². The van der Waals surface area contributed by atoms with Crippen molar-refractivity contribution in [1.82, 2.24) is 0 Å². The number of ketones is 1. The van der Waals surface area contributed by atoms with Gasteiger partial charge in [0, 0.05) is 23.5 Å². The number of carbonyl (C=O) groups excluding carboxylic acids is 1. The third-order valence-electron chi connectivity index (χ3n) is 8.41. The van der Waals surface area contributed by atoms with Crippen LogP contribution >= 0.6 is 11.8 Å². The second-order valence-electron chi connectivity index (χ2n) is 10.9. The number of hydrogen-bond donors (Lipinski definition) is 1. The number of aliphatic hydroxyl groups is 1. The average Bonchev–Trinajstić information content (AvgIpc) is 2.90. The summed E-state index contributed by atoms with van der Waals surface area (Å²) in [6, 6.07) is 22.3. The molecule has 2 atom stereocenters. The summed E-state index contributed by atoms with van der Waals surface area (Å²) in [7, 11) is 0. The zero-order valence-corrected chi connectivity index (χ0v) is 24.4. The minimum absolute atomic E-state index is 0.0438. The Morgan fingerprint density at radius 3 is 2.21 bits per heavy atom. The van der Waals surface area contributed by atoms with Crippen LogP contribution in [0.3, 0.4) is 0 Å². The number of aliphatic hydroxyl groups excluding tert-OH is 1. The number of rotatable bonds is 9. The molecular formula is C35H42O2S. The molecule has 200 valence electrons. The van der Waals surface area contributed by atoms with Crippen LogP contribution < -0.4 is 0 Å². The van der Waals surface area contributed by atoms with Gasteiger partial charge in [-0.2, -0.15) is 11.8 Å². The summed E-state index contributed by atoms with van der Waals surface area (Å²) < 4.78 is 0. The van der Waals surface area contributed by atoms with Gasteiger partial charge in [-0.15, -0.1) is 0 Å². The number of thioether (sulfide) groups is 1. The molecular weight excluding hydrogens is 484 g/mol. The lowest BCUT2D eigenvalue weighted by atomic mass is 9.69. The Morgan fingerprint density at radius 1 is 0.974 bits per heavy atom. The van der Waals surface area contributed by atoms with Gasteiger partial charge in [0.1, 0.15) is 5.78 Å². The molecule has 0 aliphatic carbocycles. The lowest BCUT2D eigenvalue weighted by Crippen LogP contribution is -2.26. The molecule has 1 saturated heterocycles. The number of Topliss-reactive ketones (excluding diaryl/α,β-unsaturated/α-hetero) is 1. The molecule has 2 nitrogen and oxygen atoms in total. The molecule has 0 radical (unpaired) electrons. The van der Waals surface area contributed by atoms with Gasteiger partial charge < -0.3 is 5.11 Å². The number of aryl methyl sites for hydroxylation is 2. The summed E-state index contributed by atoms with van der Waals surface area (Å²) in [5, 5.41) is 10.3. The largest absolute Gasteiger partial charge is 0.392 e. The van der Waals surface area contributed by atoms with Crippen LogP contribution in [0.4, 0.5) is 0 Å². The zero-order chi connectivity index (χ0) is 27.3. The lowest BCUT2D eigenvalue weighted by molar-refractivity contribution is -0.116. The van der Waals surface area contributed by atoms with E-state index in [4.69, 9.17) is 0 Å². The molecule has 0 amide bonds. The van der Waals surface area contributed by atoms with Gasteiger partial charge in [-0.3, -0.25) is 4.79 Å². The predicted molar refractivity (Wildman–Crippen MR) is 164 cm³/mol. The smallest absolute Gasteiger partial charge is 0.134 e. The first-order chi connectivity index (χ1) is 18.3. The summed E-state index contributed by atoms with van der Waals surface area (Å²) in [6.07, 6.45) is 7.63. The molecule has 3 aromatic rings. The normalized spacial score (nSPS) is 18.2. The Kier molecular flexibility index (Phi) is 9.33. The third kappa shape index (κ3) is 6.16. The van der Waals surface area contributed by atoms with Crippen LogP contribution in [0.2, 0.25) is 0 Å². The van der Waals surface area contributed by atoms with E-state index < -0.39 is 0 Å². The van der Waals surface area contributed by atoms with Crippen LogP contribution in [0.15, 0.2) is 66.7 Å². The summed E-state index contributed by atoms with van der Waals surface area (Å²) in [5.41, 5.74) is 9.96. The molecule has 3 aromatic carbocycles. The van der Waals surface area contributed by atoms with Crippen molar-refractivity contribution in [2.45, 2.75) is 71.8 Å². The van der Waals surface area contributed by atoms with Crippen LogP contribution in [0, 0.1) is 19.8 Å². The van der Waals surface area contributed by atoms with Crippen LogP contribution in [0.25, 0.3) is 17.2 Å². The standard InChI is InChI=1S/C35H42O2S/c1-6-35(7-2,31-15-14-28(24(3)20-31)12-13-30-23-38-19-18-34(30)37)32-16-17-33(25(4)21-32)29-10-8-27(9-11-29)22-26(5)36/h8-17,20-21,30,34,37H,6-7,18-19,22-23H2,1-5H3. The van der Waals surface area contributed by atoms with Crippen molar-refractivity contribution in [3.63, 3.8) is 0 Å². The monoisotopic (exact) mass is 526 g/mol. The van der Waals surface area contributed by atoms with Crippen LogP contribution in [0.5, 0.6) is 0 Å².